The lowest BCUT2D eigenvalue weighted by atomic mass is 10.1. The maximum absolute atomic E-state index is 10.6. The van der Waals surface area contributed by atoms with Crippen LogP contribution in [0.4, 0.5) is 0 Å². The minimum Gasteiger partial charge on any atom is -0.481 e. The highest BCUT2D eigenvalue weighted by atomic mass is 79.9. The van der Waals surface area contributed by atoms with Crippen molar-refractivity contribution in [2.24, 2.45) is 5.92 Å². The van der Waals surface area contributed by atoms with Gasteiger partial charge in [-0.25, -0.2) is 4.98 Å². The highest BCUT2D eigenvalue weighted by molar-refractivity contribution is 8.93. The van der Waals surface area contributed by atoms with Crippen LogP contribution in [0.15, 0.2) is 19.0 Å². The van der Waals surface area contributed by atoms with Crippen molar-refractivity contribution in [3.63, 3.8) is 0 Å². The van der Waals surface area contributed by atoms with E-state index in [0.717, 1.165) is 5.82 Å². The molecule has 0 aliphatic rings. The zero-order valence-corrected chi connectivity index (χ0v) is 10.3. The molecule has 0 bridgehead atoms. The molecule has 0 radical (unpaired) electrons. The molecule has 1 unspecified atom stereocenters. The number of carboxylic acids is 1. The number of imidazole rings is 1. The molecule has 0 saturated carbocycles. The summed E-state index contributed by atoms with van der Waals surface area (Å²) in [5.74, 6) is -0.236. The van der Waals surface area contributed by atoms with E-state index < -0.39 is 5.97 Å². The van der Waals surface area contributed by atoms with Crippen LogP contribution in [0.1, 0.15) is 19.2 Å². The summed E-state index contributed by atoms with van der Waals surface area (Å²) in [6.45, 7) is 5.33. The lowest BCUT2D eigenvalue weighted by Crippen LogP contribution is -2.11. The molecule has 1 atom stereocenters. The summed E-state index contributed by atoms with van der Waals surface area (Å²) >= 11 is 0. The molecule has 84 valence electrons. The van der Waals surface area contributed by atoms with Crippen LogP contribution in [0.25, 0.3) is 6.20 Å². The lowest BCUT2D eigenvalue weighted by Gasteiger charge is -2.05. The number of carbonyl (C=O) groups is 1. The number of aryl methyl sites for hydroxylation is 1. The predicted molar refractivity (Wildman–Crippen MR) is 64.1 cm³/mol. The van der Waals surface area contributed by atoms with Crippen LogP contribution in [0.3, 0.4) is 0 Å². The van der Waals surface area contributed by atoms with Gasteiger partial charge in [0.25, 0.3) is 0 Å². The number of aliphatic carboxylic acids is 1. The molecule has 0 aromatic carbocycles. The fraction of sp³-hybridized carbons (Fsp3) is 0.400. The van der Waals surface area contributed by atoms with Crippen LogP contribution in [0.5, 0.6) is 0 Å². The van der Waals surface area contributed by atoms with Crippen LogP contribution < -0.4 is 0 Å². The summed E-state index contributed by atoms with van der Waals surface area (Å²) in [4.78, 5) is 14.7. The summed E-state index contributed by atoms with van der Waals surface area (Å²) in [5.41, 5.74) is 0. The zero-order chi connectivity index (χ0) is 10.6. The second-order valence-electron chi connectivity index (χ2n) is 3.21. The maximum atomic E-state index is 10.6. The predicted octanol–water partition coefficient (Wildman–Crippen LogP) is 2.21. The van der Waals surface area contributed by atoms with Gasteiger partial charge in [0.05, 0.1) is 5.92 Å². The molecule has 1 N–H and O–H groups in total. The van der Waals surface area contributed by atoms with Gasteiger partial charge in [-0.3, -0.25) is 4.79 Å². The van der Waals surface area contributed by atoms with Crippen LogP contribution in [-0.2, 0) is 11.2 Å². The SMILES string of the molecule is Br.C=Cn1ccnc1CCC(C)C(=O)O. The fourth-order valence-electron chi connectivity index (χ4n) is 1.17. The molecule has 1 aromatic rings. The van der Waals surface area contributed by atoms with Gasteiger partial charge in [-0.15, -0.1) is 17.0 Å². The molecule has 1 rings (SSSR count). The van der Waals surface area contributed by atoms with Gasteiger partial charge >= 0.3 is 5.97 Å². The first-order valence-corrected chi connectivity index (χ1v) is 4.52. The summed E-state index contributed by atoms with van der Waals surface area (Å²) in [6, 6.07) is 0. The molecule has 15 heavy (non-hydrogen) atoms. The van der Waals surface area contributed by atoms with Crippen molar-refractivity contribution in [3.05, 3.63) is 24.8 Å². The molecule has 0 aliphatic heterocycles. The first kappa shape index (κ1) is 13.9. The van der Waals surface area contributed by atoms with Gasteiger partial charge in [-0.05, 0) is 6.42 Å². The third kappa shape index (κ3) is 3.87. The second-order valence-corrected chi connectivity index (χ2v) is 3.21. The first-order valence-electron chi connectivity index (χ1n) is 4.52. The van der Waals surface area contributed by atoms with Crippen molar-refractivity contribution in [2.45, 2.75) is 19.8 Å². The number of hydrogen-bond donors (Lipinski definition) is 1. The minimum atomic E-state index is -0.762. The van der Waals surface area contributed by atoms with Gasteiger partial charge < -0.3 is 9.67 Å². The lowest BCUT2D eigenvalue weighted by molar-refractivity contribution is -0.141. The number of rotatable bonds is 5. The Kier molecular flexibility index (Phi) is 5.93. The van der Waals surface area contributed by atoms with E-state index in [2.05, 4.69) is 11.6 Å². The van der Waals surface area contributed by atoms with Gasteiger partial charge in [0.15, 0.2) is 0 Å². The Labute approximate surface area is 99.4 Å². The van der Waals surface area contributed by atoms with E-state index in [1.165, 1.54) is 0 Å². The molecule has 0 aliphatic carbocycles. The van der Waals surface area contributed by atoms with E-state index >= 15 is 0 Å². The van der Waals surface area contributed by atoms with E-state index in [4.69, 9.17) is 5.11 Å². The zero-order valence-electron chi connectivity index (χ0n) is 8.59. The fourth-order valence-corrected chi connectivity index (χ4v) is 1.17. The van der Waals surface area contributed by atoms with Crippen molar-refractivity contribution in [1.29, 1.82) is 0 Å². The smallest absolute Gasteiger partial charge is 0.306 e. The standard InChI is InChI=1S/C10H14N2O2.BrH/c1-3-12-7-6-11-9(12)5-4-8(2)10(13)14;/h3,6-8H,1,4-5H2,2H3,(H,13,14);1H. The van der Waals surface area contributed by atoms with Gasteiger partial charge in [-0.2, -0.15) is 0 Å². The van der Waals surface area contributed by atoms with E-state index in [9.17, 15) is 4.79 Å². The third-order valence-electron chi connectivity index (χ3n) is 2.17. The first-order chi connectivity index (χ1) is 6.65. The molecule has 0 saturated heterocycles. The highest BCUT2D eigenvalue weighted by Crippen LogP contribution is 2.08. The van der Waals surface area contributed by atoms with Crippen molar-refractivity contribution in [2.75, 3.05) is 0 Å². The number of carboxylic acid groups (broad SMARTS) is 1. The van der Waals surface area contributed by atoms with E-state index in [1.807, 2.05) is 0 Å². The number of aromatic nitrogens is 2. The summed E-state index contributed by atoms with van der Waals surface area (Å²) in [7, 11) is 0. The van der Waals surface area contributed by atoms with Gasteiger partial charge in [0.2, 0.25) is 0 Å². The normalized spacial score (nSPS) is 11.5. The number of nitrogens with zero attached hydrogens (tertiary/aromatic N) is 2. The van der Waals surface area contributed by atoms with E-state index in [-0.39, 0.29) is 22.9 Å². The Bertz CT molecular complexity index is 336. The topological polar surface area (TPSA) is 55.1 Å². The van der Waals surface area contributed by atoms with Crippen LogP contribution >= 0.6 is 17.0 Å². The Morgan fingerprint density at radius 1 is 1.80 bits per heavy atom. The van der Waals surface area contributed by atoms with E-state index in [0.29, 0.717) is 12.8 Å². The molecule has 0 fully saturated rings. The molecule has 4 nitrogen and oxygen atoms in total. The number of hydrogen-bond acceptors (Lipinski definition) is 2. The van der Waals surface area contributed by atoms with Crippen molar-refractivity contribution < 1.29 is 9.90 Å². The summed E-state index contributed by atoms with van der Waals surface area (Å²) in [6.07, 6.45) is 6.40. The Morgan fingerprint density at radius 2 is 2.47 bits per heavy atom. The Morgan fingerprint density at radius 3 is 3.00 bits per heavy atom. The monoisotopic (exact) mass is 274 g/mol. The highest BCUT2D eigenvalue weighted by Gasteiger charge is 2.11. The largest absolute Gasteiger partial charge is 0.481 e. The minimum absolute atomic E-state index is 0. The van der Waals surface area contributed by atoms with Gasteiger partial charge in [0, 0.05) is 25.0 Å². The van der Waals surface area contributed by atoms with Crippen LogP contribution in [0.2, 0.25) is 0 Å². The van der Waals surface area contributed by atoms with Crippen molar-refractivity contribution in [1.82, 2.24) is 9.55 Å². The Balaban J connectivity index is 0.00000196. The van der Waals surface area contributed by atoms with Crippen molar-refractivity contribution >= 4 is 29.2 Å². The molecule has 1 aromatic heterocycles. The van der Waals surface area contributed by atoms with Crippen molar-refractivity contribution in [3.8, 4) is 0 Å². The molecule has 1 heterocycles. The quantitative estimate of drug-likeness (QED) is 0.896. The number of halogens is 1. The third-order valence-corrected chi connectivity index (χ3v) is 2.17. The van der Waals surface area contributed by atoms with Crippen LogP contribution in [0, 0.1) is 5.92 Å². The summed E-state index contributed by atoms with van der Waals surface area (Å²) in [5, 5.41) is 8.69. The van der Waals surface area contributed by atoms with Gasteiger partial charge in [-0.1, -0.05) is 13.5 Å². The summed E-state index contributed by atoms with van der Waals surface area (Å²) < 4.78 is 1.80. The average molecular weight is 275 g/mol. The molecule has 5 heteroatoms. The molecule has 0 spiro atoms. The van der Waals surface area contributed by atoms with Gasteiger partial charge in [0.1, 0.15) is 5.82 Å². The maximum Gasteiger partial charge on any atom is 0.306 e. The van der Waals surface area contributed by atoms with Crippen LogP contribution in [-0.4, -0.2) is 20.6 Å². The molecular weight excluding hydrogens is 260 g/mol. The second kappa shape index (κ2) is 6.40. The molecular formula is C10H15BrN2O2. The van der Waals surface area contributed by atoms with E-state index in [1.54, 1.807) is 30.1 Å². The average Bonchev–Trinajstić information content (AvgIpc) is 2.60. The Hall–Kier alpha value is -1.10. The molecule has 0 amide bonds.